The molecule has 19 heavy (non-hydrogen) atoms. The van der Waals surface area contributed by atoms with E-state index >= 15 is 0 Å². The first-order valence-corrected chi connectivity index (χ1v) is 6.89. The molecule has 0 saturated heterocycles. The number of hydrogen-bond acceptors (Lipinski definition) is 3. The first-order chi connectivity index (χ1) is 9.16. The van der Waals surface area contributed by atoms with Gasteiger partial charge in [-0.2, -0.15) is 5.10 Å². The summed E-state index contributed by atoms with van der Waals surface area (Å²) in [5, 5.41) is 7.86. The lowest BCUT2D eigenvalue weighted by molar-refractivity contribution is 0.544. The van der Waals surface area contributed by atoms with Gasteiger partial charge < -0.3 is 9.88 Å². The van der Waals surface area contributed by atoms with Gasteiger partial charge in [0.2, 0.25) is 0 Å². The van der Waals surface area contributed by atoms with Gasteiger partial charge in [-0.3, -0.25) is 4.68 Å². The Morgan fingerprint density at radius 3 is 2.84 bits per heavy atom. The molecule has 1 aliphatic carbocycles. The van der Waals surface area contributed by atoms with Crippen molar-refractivity contribution in [2.75, 3.05) is 0 Å². The van der Waals surface area contributed by atoms with E-state index in [0.717, 1.165) is 6.54 Å². The zero-order valence-corrected chi connectivity index (χ0v) is 11.8. The average Bonchev–Trinajstić information content (AvgIpc) is 3.05. The summed E-state index contributed by atoms with van der Waals surface area (Å²) in [5.41, 5.74) is 3.76. The van der Waals surface area contributed by atoms with Gasteiger partial charge in [0.25, 0.3) is 0 Å². The predicted octanol–water partition coefficient (Wildman–Crippen LogP) is 2.11. The zero-order valence-electron chi connectivity index (χ0n) is 11.8. The Hall–Kier alpha value is -1.62. The van der Waals surface area contributed by atoms with Crippen LogP contribution >= 0.6 is 0 Å². The van der Waals surface area contributed by atoms with Crippen LogP contribution < -0.4 is 5.32 Å². The molecule has 0 bridgehead atoms. The van der Waals surface area contributed by atoms with E-state index in [0.29, 0.717) is 12.1 Å². The highest BCUT2D eigenvalue weighted by molar-refractivity contribution is 5.20. The summed E-state index contributed by atoms with van der Waals surface area (Å²) >= 11 is 0. The fraction of sp³-hybridized carbons (Fsp3) is 0.571. The van der Waals surface area contributed by atoms with Gasteiger partial charge in [-0.05, 0) is 26.7 Å². The first-order valence-electron chi connectivity index (χ1n) is 6.89. The van der Waals surface area contributed by atoms with Crippen molar-refractivity contribution in [3.05, 3.63) is 35.7 Å². The van der Waals surface area contributed by atoms with Gasteiger partial charge in [0.1, 0.15) is 0 Å². The van der Waals surface area contributed by atoms with Crippen molar-refractivity contribution in [3.63, 3.8) is 0 Å². The van der Waals surface area contributed by atoms with E-state index in [2.05, 4.69) is 33.8 Å². The quantitative estimate of drug-likeness (QED) is 0.894. The topological polar surface area (TPSA) is 47.7 Å². The van der Waals surface area contributed by atoms with Gasteiger partial charge in [0, 0.05) is 43.1 Å². The molecule has 1 fully saturated rings. The minimum atomic E-state index is 0.302. The molecule has 2 aromatic heterocycles. The van der Waals surface area contributed by atoms with Crippen LogP contribution in [0.25, 0.3) is 0 Å². The van der Waals surface area contributed by atoms with Crippen molar-refractivity contribution in [3.8, 4) is 0 Å². The summed E-state index contributed by atoms with van der Waals surface area (Å²) in [6.45, 7) is 5.14. The number of imidazole rings is 1. The number of aromatic nitrogens is 4. The van der Waals surface area contributed by atoms with Gasteiger partial charge in [-0.1, -0.05) is 0 Å². The lowest BCUT2D eigenvalue weighted by Crippen LogP contribution is -2.20. The lowest BCUT2D eigenvalue weighted by atomic mass is 10.1. The fourth-order valence-corrected chi connectivity index (χ4v) is 2.46. The smallest absolute Gasteiger partial charge is 0.0951 e. The van der Waals surface area contributed by atoms with E-state index in [-0.39, 0.29) is 0 Å². The molecule has 1 atom stereocenters. The average molecular weight is 259 g/mol. The third kappa shape index (κ3) is 2.42. The zero-order chi connectivity index (χ0) is 13.4. The third-order valence-electron chi connectivity index (χ3n) is 4.02. The van der Waals surface area contributed by atoms with Crippen LogP contribution in [0.15, 0.2) is 18.7 Å². The van der Waals surface area contributed by atoms with E-state index in [4.69, 9.17) is 0 Å². The molecule has 1 aliphatic rings. The van der Waals surface area contributed by atoms with Crippen LogP contribution in [0.4, 0.5) is 0 Å². The molecule has 5 heteroatoms. The largest absolute Gasteiger partial charge is 0.330 e. The van der Waals surface area contributed by atoms with Crippen LogP contribution in [0.5, 0.6) is 0 Å². The number of aryl methyl sites for hydroxylation is 1. The van der Waals surface area contributed by atoms with Crippen molar-refractivity contribution in [2.24, 2.45) is 7.05 Å². The van der Waals surface area contributed by atoms with Gasteiger partial charge in [-0.15, -0.1) is 0 Å². The summed E-state index contributed by atoms with van der Waals surface area (Å²) in [7, 11) is 1.98. The minimum Gasteiger partial charge on any atom is -0.330 e. The molecule has 2 heterocycles. The van der Waals surface area contributed by atoms with E-state index in [1.165, 1.54) is 29.8 Å². The molecule has 0 aliphatic heterocycles. The second kappa shape index (κ2) is 4.81. The van der Waals surface area contributed by atoms with Crippen molar-refractivity contribution >= 4 is 0 Å². The molecule has 1 saturated carbocycles. The normalized spacial score (nSPS) is 16.8. The molecule has 3 rings (SSSR count). The third-order valence-corrected chi connectivity index (χ3v) is 4.02. The van der Waals surface area contributed by atoms with Crippen LogP contribution in [0.2, 0.25) is 0 Å². The van der Waals surface area contributed by atoms with Crippen molar-refractivity contribution < 1.29 is 0 Å². The van der Waals surface area contributed by atoms with Gasteiger partial charge in [-0.25, -0.2) is 4.98 Å². The summed E-state index contributed by atoms with van der Waals surface area (Å²) in [6, 6.07) is 0.992. The molecule has 0 radical (unpaired) electrons. The van der Waals surface area contributed by atoms with Crippen molar-refractivity contribution in [1.82, 2.24) is 24.6 Å². The highest BCUT2D eigenvalue weighted by Crippen LogP contribution is 2.35. The van der Waals surface area contributed by atoms with Gasteiger partial charge >= 0.3 is 0 Å². The Bertz CT molecular complexity index is 564. The standard InChI is InChI=1S/C14H21N5/c1-10(14-8-17-18(3)11(14)2)16-7-13-6-15-9-19(13)12-4-5-12/h6,8-10,12,16H,4-5,7H2,1-3H3. The highest BCUT2D eigenvalue weighted by atomic mass is 15.3. The summed E-state index contributed by atoms with van der Waals surface area (Å²) in [4.78, 5) is 4.26. The second-order valence-corrected chi connectivity index (χ2v) is 5.43. The first kappa shape index (κ1) is 12.4. The molecule has 5 nitrogen and oxygen atoms in total. The Kier molecular flexibility index (Phi) is 3.14. The summed E-state index contributed by atoms with van der Waals surface area (Å²) in [5.74, 6) is 0. The highest BCUT2D eigenvalue weighted by Gasteiger charge is 2.25. The maximum absolute atomic E-state index is 4.30. The van der Waals surface area contributed by atoms with Gasteiger partial charge in [0.15, 0.2) is 0 Å². The lowest BCUT2D eigenvalue weighted by Gasteiger charge is -2.14. The molecule has 1 unspecified atom stereocenters. The molecule has 1 N–H and O–H groups in total. The summed E-state index contributed by atoms with van der Waals surface area (Å²) in [6.07, 6.45) is 8.45. The maximum atomic E-state index is 4.30. The molecular formula is C14H21N5. The van der Waals surface area contributed by atoms with Crippen LogP contribution in [0, 0.1) is 6.92 Å². The molecule has 2 aromatic rings. The SMILES string of the molecule is Cc1c(C(C)NCc2cncn2C2CC2)cnn1C. The Balaban J connectivity index is 1.65. The number of nitrogens with zero attached hydrogens (tertiary/aromatic N) is 4. The van der Waals surface area contributed by atoms with E-state index in [1.54, 1.807) is 0 Å². The predicted molar refractivity (Wildman–Crippen MR) is 73.7 cm³/mol. The summed E-state index contributed by atoms with van der Waals surface area (Å²) < 4.78 is 4.22. The van der Waals surface area contributed by atoms with E-state index in [1.807, 2.05) is 30.5 Å². The Labute approximate surface area is 113 Å². The second-order valence-electron chi connectivity index (χ2n) is 5.43. The van der Waals surface area contributed by atoms with Crippen LogP contribution in [0.1, 0.15) is 48.8 Å². The fourth-order valence-electron chi connectivity index (χ4n) is 2.46. The monoisotopic (exact) mass is 259 g/mol. The number of nitrogens with one attached hydrogen (secondary N) is 1. The van der Waals surface area contributed by atoms with E-state index < -0.39 is 0 Å². The van der Waals surface area contributed by atoms with Gasteiger partial charge in [0.05, 0.1) is 18.2 Å². The van der Waals surface area contributed by atoms with Crippen LogP contribution in [-0.2, 0) is 13.6 Å². The molecule has 102 valence electrons. The van der Waals surface area contributed by atoms with Crippen LogP contribution in [0.3, 0.4) is 0 Å². The number of rotatable bonds is 5. The van der Waals surface area contributed by atoms with E-state index in [9.17, 15) is 0 Å². The minimum absolute atomic E-state index is 0.302. The molecule has 0 spiro atoms. The number of hydrogen-bond donors (Lipinski definition) is 1. The Morgan fingerprint density at radius 2 is 2.21 bits per heavy atom. The van der Waals surface area contributed by atoms with Crippen molar-refractivity contribution in [2.45, 2.75) is 45.3 Å². The Morgan fingerprint density at radius 1 is 1.42 bits per heavy atom. The molecule has 0 aromatic carbocycles. The molecular weight excluding hydrogens is 238 g/mol. The maximum Gasteiger partial charge on any atom is 0.0951 e. The van der Waals surface area contributed by atoms with Crippen molar-refractivity contribution in [1.29, 1.82) is 0 Å². The van der Waals surface area contributed by atoms with Crippen LogP contribution in [-0.4, -0.2) is 19.3 Å². The molecule has 0 amide bonds.